The van der Waals surface area contributed by atoms with E-state index in [1.807, 2.05) is 36.4 Å². The van der Waals surface area contributed by atoms with Crippen molar-refractivity contribution in [2.45, 2.75) is 0 Å². The molecule has 4 heteroatoms. The van der Waals surface area contributed by atoms with Crippen LogP contribution in [0.5, 0.6) is 0 Å². The van der Waals surface area contributed by atoms with Gasteiger partial charge in [0.25, 0.3) is 0 Å². The number of nitrogens with two attached hydrogens (primary N) is 1. The van der Waals surface area contributed by atoms with Crippen LogP contribution in [0, 0.1) is 5.53 Å². The number of hydrogen-bond acceptors (Lipinski definition) is 3. The molecule has 0 aliphatic carbocycles. The van der Waals surface area contributed by atoms with E-state index in [1.54, 1.807) is 0 Å². The molecule has 0 saturated carbocycles. The smallest absolute Gasteiger partial charge is 0.156 e. The Bertz CT molecular complexity index is 168. The van der Waals surface area contributed by atoms with Gasteiger partial charge < -0.3 is 5.84 Å². The second-order valence-electron chi connectivity index (χ2n) is 1.55. The van der Waals surface area contributed by atoms with E-state index in [-0.39, 0.29) is 0 Å². The lowest BCUT2D eigenvalue weighted by molar-refractivity contribution is 1.17. The van der Waals surface area contributed by atoms with Crippen LogP contribution in [0.15, 0.2) is 46.6 Å². The zero-order valence-electron chi connectivity index (χ0n) is 6.01. The SMILES string of the molecule is N=NC=NN.c1ccccc1. The lowest BCUT2D eigenvalue weighted by Gasteiger charge is -1.69. The minimum atomic E-state index is 0.944. The van der Waals surface area contributed by atoms with Crippen molar-refractivity contribution < 1.29 is 0 Å². The molecule has 0 saturated heterocycles. The molecular weight excluding hydrogens is 140 g/mol. The summed E-state index contributed by atoms with van der Waals surface area (Å²) in [7, 11) is 0. The molecule has 0 aromatic heterocycles. The Morgan fingerprint density at radius 1 is 1.00 bits per heavy atom. The zero-order chi connectivity index (χ0) is 8.36. The van der Waals surface area contributed by atoms with E-state index in [9.17, 15) is 0 Å². The summed E-state index contributed by atoms with van der Waals surface area (Å²) in [4.78, 5) is 0. The maximum atomic E-state index is 6.00. The standard InChI is InChI=1S/C6H6.CH4N4/c1-2-4-6-5-3-1;2-4-1-5-3/h1-6H;1-2H,3H2. The fourth-order valence-electron chi connectivity index (χ4n) is 0.418. The third kappa shape index (κ3) is 8.29. The molecule has 0 aliphatic heterocycles. The van der Waals surface area contributed by atoms with Gasteiger partial charge in [-0.15, -0.1) is 5.11 Å². The molecule has 1 rings (SSSR count). The number of hydrogen-bond donors (Lipinski definition) is 2. The quantitative estimate of drug-likeness (QED) is 0.206. The topological polar surface area (TPSA) is 74.6 Å². The number of nitrogens with one attached hydrogen (secondary N) is 1. The van der Waals surface area contributed by atoms with E-state index < -0.39 is 0 Å². The average molecular weight is 150 g/mol. The van der Waals surface area contributed by atoms with Gasteiger partial charge in [0, 0.05) is 0 Å². The van der Waals surface area contributed by atoms with Crippen molar-refractivity contribution in [3.8, 4) is 0 Å². The first-order valence-corrected chi connectivity index (χ1v) is 3.00. The minimum absolute atomic E-state index is 0.944. The fourth-order valence-corrected chi connectivity index (χ4v) is 0.418. The average Bonchev–Trinajstić information content (AvgIpc) is 2.10. The van der Waals surface area contributed by atoms with Crippen LogP contribution in [0.3, 0.4) is 0 Å². The Kier molecular flexibility index (Phi) is 7.00. The summed E-state index contributed by atoms with van der Waals surface area (Å²) < 4.78 is 0. The minimum Gasteiger partial charge on any atom is -0.322 e. The largest absolute Gasteiger partial charge is 0.322 e. The van der Waals surface area contributed by atoms with E-state index in [1.165, 1.54) is 0 Å². The van der Waals surface area contributed by atoms with Gasteiger partial charge in [-0.05, 0) is 0 Å². The molecule has 0 unspecified atom stereocenters. The van der Waals surface area contributed by atoms with Gasteiger partial charge in [0.2, 0.25) is 0 Å². The van der Waals surface area contributed by atoms with Crippen LogP contribution in [0.2, 0.25) is 0 Å². The predicted molar refractivity (Wildman–Crippen MR) is 44.3 cm³/mol. The molecule has 0 heterocycles. The van der Waals surface area contributed by atoms with Gasteiger partial charge in [0.15, 0.2) is 6.34 Å². The first-order chi connectivity index (χ1) is 5.41. The van der Waals surface area contributed by atoms with Crippen molar-refractivity contribution in [2.24, 2.45) is 16.1 Å². The predicted octanol–water partition coefficient (Wildman–Crippen LogP) is 1.61. The maximum absolute atomic E-state index is 6.00. The van der Waals surface area contributed by atoms with Crippen LogP contribution in [0.1, 0.15) is 0 Å². The van der Waals surface area contributed by atoms with Gasteiger partial charge in [0.05, 0.1) is 0 Å². The second kappa shape index (κ2) is 8.29. The van der Waals surface area contributed by atoms with E-state index in [0.717, 1.165) is 6.34 Å². The molecule has 4 nitrogen and oxygen atoms in total. The van der Waals surface area contributed by atoms with Crippen molar-refractivity contribution in [1.82, 2.24) is 0 Å². The lowest BCUT2D eigenvalue weighted by atomic mass is 10.4. The first kappa shape index (κ1) is 9.29. The monoisotopic (exact) mass is 150 g/mol. The number of hydrazone groups is 1. The molecule has 11 heavy (non-hydrogen) atoms. The lowest BCUT2D eigenvalue weighted by Crippen LogP contribution is -1.75. The molecule has 1 aromatic rings. The summed E-state index contributed by atoms with van der Waals surface area (Å²) in [6.07, 6.45) is 0.944. The molecule has 1 aromatic carbocycles. The Labute approximate surface area is 65.2 Å². The molecule has 0 atom stereocenters. The van der Waals surface area contributed by atoms with E-state index in [2.05, 4.69) is 16.1 Å². The molecule has 0 radical (unpaired) electrons. The van der Waals surface area contributed by atoms with Gasteiger partial charge in [-0.2, -0.15) is 5.10 Å². The molecule has 0 fully saturated rings. The molecule has 0 amide bonds. The highest BCUT2D eigenvalue weighted by Crippen LogP contribution is 1.79. The molecule has 0 spiro atoms. The van der Waals surface area contributed by atoms with Crippen LogP contribution in [-0.2, 0) is 0 Å². The first-order valence-electron chi connectivity index (χ1n) is 3.00. The van der Waals surface area contributed by atoms with Gasteiger partial charge in [0.1, 0.15) is 0 Å². The van der Waals surface area contributed by atoms with Crippen molar-refractivity contribution >= 4 is 6.34 Å². The third-order valence-electron chi connectivity index (χ3n) is 0.791. The third-order valence-corrected chi connectivity index (χ3v) is 0.791. The van der Waals surface area contributed by atoms with Crippen LogP contribution >= 0.6 is 0 Å². The van der Waals surface area contributed by atoms with Crippen LogP contribution < -0.4 is 5.84 Å². The van der Waals surface area contributed by atoms with E-state index >= 15 is 0 Å². The van der Waals surface area contributed by atoms with Crippen molar-refractivity contribution in [3.63, 3.8) is 0 Å². The highest BCUT2D eigenvalue weighted by atomic mass is 15.2. The molecule has 58 valence electrons. The van der Waals surface area contributed by atoms with Crippen molar-refractivity contribution in [1.29, 1.82) is 5.53 Å². The Balaban J connectivity index is 0.000000187. The van der Waals surface area contributed by atoms with Gasteiger partial charge in [-0.25, -0.2) is 5.53 Å². The van der Waals surface area contributed by atoms with Crippen molar-refractivity contribution in [3.05, 3.63) is 36.4 Å². The Hall–Kier alpha value is -1.71. The number of benzene rings is 1. The molecule has 3 N–H and O–H groups in total. The highest BCUT2D eigenvalue weighted by molar-refractivity contribution is 5.52. The zero-order valence-corrected chi connectivity index (χ0v) is 6.01. The second-order valence-corrected chi connectivity index (χ2v) is 1.55. The molecular formula is C7H10N4. The number of nitrogens with zero attached hydrogens (tertiary/aromatic N) is 2. The summed E-state index contributed by atoms with van der Waals surface area (Å²) >= 11 is 0. The Morgan fingerprint density at radius 3 is 1.45 bits per heavy atom. The molecule has 0 aliphatic rings. The van der Waals surface area contributed by atoms with Crippen LogP contribution in [0.25, 0.3) is 0 Å². The summed E-state index contributed by atoms with van der Waals surface area (Å²) in [5, 5.41) is 5.56. The van der Waals surface area contributed by atoms with Crippen molar-refractivity contribution in [2.75, 3.05) is 0 Å². The van der Waals surface area contributed by atoms with Crippen LogP contribution in [-0.4, -0.2) is 6.34 Å². The summed E-state index contributed by atoms with van der Waals surface area (Å²) in [5.41, 5.74) is 6.00. The van der Waals surface area contributed by atoms with Gasteiger partial charge in [-0.3, -0.25) is 0 Å². The maximum Gasteiger partial charge on any atom is 0.156 e. The fraction of sp³-hybridized carbons (Fsp3) is 0. The van der Waals surface area contributed by atoms with Gasteiger partial charge >= 0.3 is 0 Å². The normalized spacial score (nSPS) is 8.36. The Morgan fingerprint density at radius 2 is 1.36 bits per heavy atom. The summed E-state index contributed by atoms with van der Waals surface area (Å²) in [6.45, 7) is 0. The summed E-state index contributed by atoms with van der Waals surface area (Å²) in [6, 6.07) is 12.0. The molecule has 0 bridgehead atoms. The summed E-state index contributed by atoms with van der Waals surface area (Å²) in [5.74, 6) is 4.49. The van der Waals surface area contributed by atoms with E-state index in [4.69, 9.17) is 5.53 Å². The number of rotatable bonds is 1. The van der Waals surface area contributed by atoms with Crippen LogP contribution in [0.4, 0.5) is 0 Å². The highest BCUT2D eigenvalue weighted by Gasteiger charge is 1.57. The van der Waals surface area contributed by atoms with Gasteiger partial charge in [-0.1, -0.05) is 36.4 Å². The van der Waals surface area contributed by atoms with E-state index in [0.29, 0.717) is 0 Å².